The monoisotopic (exact) mass is 329 g/mol. The van der Waals surface area contributed by atoms with Gasteiger partial charge in [0, 0.05) is 39.2 Å². The fourth-order valence-corrected chi connectivity index (χ4v) is 2.55. The van der Waals surface area contributed by atoms with E-state index in [1.54, 1.807) is 6.26 Å². The molecular formula is C13H16BrNO2S. The molecule has 0 saturated heterocycles. The predicted molar refractivity (Wildman–Crippen MR) is 79.3 cm³/mol. The zero-order valence-corrected chi connectivity index (χ0v) is 12.8. The van der Waals surface area contributed by atoms with Crippen LogP contribution in [0.5, 0.6) is 0 Å². The quantitative estimate of drug-likeness (QED) is 0.915. The summed E-state index contributed by atoms with van der Waals surface area (Å²) in [4.78, 5) is 0. The van der Waals surface area contributed by atoms with Gasteiger partial charge in [0.15, 0.2) is 0 Å². The van der Waals surface area contributed by atoms with Crippen molar-refractivity contribution in [2.45, 2.75) is 13.0 Å². The summed E-state index contributed by atoms with van der Waals surface area (Å²) >= 11 is 3.45. The van der Waals surface area contributed by atoms with Gasteiger partial charge in [-0.25, -0.2) is 0 Å². The Hall–Kier alpha value is -0.650. The number of hydrogen-bond donors (Lipinski definition) is 1. The zero-order valence-electron chi connectivity index (χ0n) is 10.4. The molecule has 5 heteroatoms. The number of benzene rings is 1. The van der Waals surface area contributed by atoms with Crippen LogP contribution in [0.2, 0.25) is 0 Å². The molecular weight excluding hydrogens is 314 g/mol. The molecule has 0 aliphatic heterocycles. The Balaban J connectivity index is 2.08. The first-order chi connectivity index (χ1) is 8.56. The lowest BCUT2D eigenvalue weighted by Crippen LogP contribution is -2.23. The van der Waals surface area contributed by atoms with Gasteiger partial charge in [-0.1, -0.05) is 15.9 Å². The number of fused-ring (bicyclic) bond motifs is 1. The van der Waals surface area contributed by atoms with E-state index in [1.807, 2.05) is 31.2 Å². The van der Waals surface area contributed by atoms with Gasteiger partial charge in [-0.05, 0) is 31.2 Å². The molecule has 0 bridgehead atoms. The Bertz CT molecular complexity index is 567. The summed E-state index contributed by atoms with van der Waals surface area (Å²) in [6.45, 7) is 2.77. The van der Waals surface area contributed by atoms with Crippen LogP contribution in [-0.4, -0.2) is 22.8 Å². The molecule has 0 radical (unpaired) electrons. The van der Waals surface area contributed by atoms with Crippen LogP contribution in [0.4, 0.5) is 0 Å². The Labute approximate surface area is 118 Å². The molecule has 2 rings (SSSR count). The molecule has 0 spiro atoms. The van der Waals surface area contributed by atoms with Crippen LogP contribution in [0.15, 0.2) is 33.2 Å². The maximum atomic E-state index is 11.0. The number of halogens is 1. The molecule has 0 fully saturated rings. The van der Waals surface area contributed by atoms with Crippen LogP contribution in [0.1, 0.15) is 18.7 Å². The minimum Gasteiger partial charge on any atom is -0.459 e. The molecule has 2 aromatic rings. The van der Waals surface area contributed by atoms with Crippen molar-refractivity contribution in [2.24, 2.45) is 0 Å². The van der Waals surface area contributed by atoms with Crippen molar-refractivity contribution in [3.8, 4) is 0 Å². The highest BCUT2D eigenvalue weighted by molar-refractivity contribution is 9.10. The van der Waals surface area contributed by atoms with E-state index in [0.29, 0.717) is 5.75 Å². The van der Waals surface area contributed by atoms with Gasteiger partial charge in [0.05, 0.1) is 6.04 Å². The van der Waals surface area contributed by atoms with Crippen molar-refractivity contribution >= 4 is 37.7 Å². The third kappa shape index (κ3) is 3.43. The lowest BCUT2D eigenvalue weighted by molar-refractivity contribution is 0.460. The summed E-state index contributed by atoms with van der Waals surface area (Å²) in [5.74, 6) is 1.57. The van der Waals surface area contributed by atoms with E-state index in [-0.39, 0.29) is 6.04 Å². The van der Waals surface area contributed by atoms with E-state index < -0.39 is 10.8 Å². The van der Waals surface area contributed by atoms with Crippen LogP contribution >= 0.6 is 15.9 Å². The van der Waals surface area contributed by atoms with Crippen LogP contribution < -0.4 is 5.32 Å². The molecule has 2 unspecified atom stereocenters. The predicted octanol–water partition coefficient (Wildman–Crippen LogP) is 3.22. The summed E-state index contributed by atoms with van der Waals surface area (Å²) in [7, 11) is -0.756. The van der Waals surface area contributed by atoms with Crippen molar-refractivity contribution < 1.29 is 8.63 Å². The van der Waals surface area contributed by atoms with Gasteiger partial charge in [-0.3, -0.25) is 4.21 Å². The topological polar surface area (TPSA) is 42.2 Å². The van der Waals surface area contributed by atoms with E-state index in [2.05, 4.69) is 21.2 Å². The largest absolute Gasteiger partial charge is 0.459 e. The summed E-state index contributed by atoms with van der Waals surface area (Å²) in [6.07, 6.45) is 1.71. The van der Waals surface area contributed by atoms with Crippen molar-refractivity contribution in [1.82, 2.24) is 5.32 Å². The SMILES string of the molecule is CC(NCCS(C)=O)c1cc2cc(Br)ccc2o1. The summed E-state index contributed by atoms with van der Waals surface area (Å²) in [5, 5.41) is 4.40. The second-order valence-corrected chi connectivity index (χ2v) is 6.75. The van der Waals surface area contributed by atoms with Crippen molar-refractivity contribution in [3.63, 3.8) is 0 Å². The molecule has 98 valence electrons. The minimum absolute atomic E-state index is 0.125. The third-order valence-electron chi connectivity index (χ3n) is 2.76. The summed E-state index contributed by atoms with van der Waals surface area (Å²) in [5.41, 5.74) is 0.890. The van der Waals surface area contributed by atoms with Gasteiger partial charge in [0.1, 0.15) is 11.3 Å². The van der Waals surface area contributed by atoms with Gasteiger partial charge < -0.3 is 9.73 Å². The normalized spacial score (nSPS) is 14.8. The Morgan fingerprint density at radius 3 is 2.94 bits per heavy atom. The van der Waals surface area contributed by atoms with Gasteiger partial charge >= 0.3 is 0 Å². The molecule has 18 heavy (non-hydrogen) atoms. The number of nitrogens with one attached hydrogen (secondary N) is 1. The van der Waals surface area contributed by atoms with Crippen LogP contribution in [0.25, 0.3) is 11.0 Å². The fourth-order valence-electron chi connectivity index (χ4n) is 1.77. The van der Waals surface area contributed by atoms with Crippen molar-refractivity contribution in [2.75, 3.05) is 18.6 Å². The molecule has 0 aliphatic carbocycles. The van der Waals surface area contributed by atoms with Crippen LogP contribution in [0.3, 0.4) is 0 Å². The first-order valence-electron chi connectivity index (χ1n) is 5.78. The number of furan rings is 1. The molecule has 0 saturated carbocycles. The third-order valence-corrected chi connectivity index (χ3v) is 4.04. The smallest absolute Gasteiger partial charge is 0.134 e. The Kier molecular flexibility index (Phi) is 4.59. The van der Waals surface area contributed by atoms with E-state index in [1.165, 1.54) is 0 Å². The molecule has 2 atom stereocenters. The number of rotatable bonds is 5. The zero-order chi connectivity index (χ0) is 13.1. The second kappa shape index (κ2) is 5.99. The van der Waals surface area contributed by atoms with Gasteiger partial charge in [0.2, 0.25) is 0 Å². The second-order valence-electron chi connectivity index (χ2n) is 4.28. The molecule has 0 aliphatic rings. The van der Waals surface area contributed by atoms with E-state index in [0.717, 1.165) is 27.7 Å². The van der Waals surface area contributed by atoms with Crippen molar-refractivity contribution in [1.29, 1.82) is 0 Å². The van der Waals surface area contributed by atoms with Gasteiger partial charge in [0.25, 0.3) is 0 Å². The maximum absolute atomic E-state index is 11.0. The Morgan fingerprint density at radius 2 is 2.22 bits per heavy atom. The molecule has 1 aromatic heterocycles. The molecule has 1 aromatic carbocycles. The molecule has 3 nitrogen and oxygen atoms in total. The minimum atomic E-state index is -0.756. The molecule has 0 amide bonds. The maximum Gasteiger partial charge on any atom is 0.134 e. The van der Waals surface area contributed by atoms with E-state index in [9.17, 15) is 4.21 Å². The summed E-state index contributed by atoms with van der Waals surface area (Å²) in [6, 6.07) is 8.13. The lowest BCUT2D eigenvalue weighted by Gasteiger charge is -2.09. The summed E-state index contributed by atoms with van der Waals surface area (Å²) < 4.78 is 17.8. The van der Waals surface area contributed by atoms with E-state index in [4.69, 9.17) is 4.42 Å². The van der Waals surface area contributed by atoms with Gasteiger partial charge in [-0.2, -0.15) is 0 Å². The molecule has 1 heterocycles. The first-order valence-corrected chi connectivity index (χ1v) is 8.30. The average Bonchev–Trinajstić information content (AvgIpc) is 2.71. The fraction of sp³-hybridized carbons (Fsp3) is 0.385. The first kappa shape index (κ1) is 13.8. The van der Waals surface area contributed by atoms with E-state index >= 15 is 0 Å². The standard InChI is InChI=1S/C13H16BrNO2S/c1-9(15-5-6-18(2)16)13-8-10-7-11(14)3-4-12(10)17-13/h3-4,7-9,15H,5-6H2,1-2H3. The Morgan fingerprint density at radius 1 is 1.44 bits per heavy atom. The van der Waals surface area contributed by atoms with Crippen molar-refractivity contribution in [3.05, 3.63) is 34.5 Å². The van der Waals surface area contributed by atoms with Gasteiger partial charge in [-0.15, -0.1) is 0 Å². The van der Waals surface area contributed by atoms with Crippen LogP contribution in [0, 0.1) is 0 Å². The highest BCUT2D eigenvalue weighted by Crippen LogP contribution is 2.26. The average molecular weight is 330 g/mol. The molecule has 1 N–H and O–H groups in total. The highest BCUT2D eigenvalue weighted by atomic mass is 79.9. The lowest BCUT2D eigenvalue weighted by atomic mass is 10.2. The van der Waals surface area contributed by atoms with Crippen LogP contribution in [-0.2, 0) is 10.8 Å². The number of hydrogen-bond acceptors (Lipinski definition) is 3. The highest BCUT2D eigenvalue weighted by Gasteiger charge is 2.11.